The molecular formula is C14H11BrClN3O3. The first-order chi connectivity index (χ1) is 10.5. The van der Waals surface area contributed by atoms with E-state index in [1.54, 1.807) is 18.2 Å². The molecule has 0 fully saturated rings. The van der Waals surface area contributed by atoms with E-state index in [0.717, 1.165) is 0 Å². The zero-order valence-corrected chi connectivity index (χ0v) is 13.8. The number of carbonyl (C=O) groups excluding carboxylic acids is 2. The van der Waals surface area contributed by atoms with Crippen LogP contribution in [-0.4, -0.2) is 27.9 Å². The van der Waals surface area contributed by atoms with Gasteiger partial charge in [0.05, 0.1) is 11.3 Å². The zero-order valence-electron chi connectivity index (χ0n) is 11.4. The number of hydrogen-bond donors (Lipinski definition) is 1. The summed E-state index contributed by atoms with van der Waals surface area (Å²) in [5.41, 5.74) is 0.592. The molecule has 0 bridgehead atoms. The minimum atomic E-state index is -0.997. The number of hydrogen-bond acceptors (Lipinski definition) is 5. The highest BCUT2D eigenvalue weighted by atomic mass is 79.9. The van der Waals surface area contributed by atoms with Crippen LogP contribution in [0.1, 0.15) is 17.3 Å². The summed E-state index contributed by atoms with van der Waals surface area (Å²) in [5.74, 6) is -1.15. The van der Waals surface area contributed by atoms with Crippen LogP contribution in [0.25, 0.3) is 0 Å². The van der Waals surface area contributed by atoms with Crippen LogP contribution < -0.4 is 5.32 Å². The summed E-state index contributed by atoms with van der Waals surface area (Å²) in [5, 5.41) is 2.70. The number of ether oxygens (including phenoxy) is 1. The maximum absolute atomic E-state index is 12.0. The number of esters is 1. The Morgan fingerprint density at radius 3 is 2.86 bits per heavy atom. The number of nitrogens with zero attached hydrogens (tertiary/aromatic N) is 2. The lowest BCUT2D eigenvalue weighted by Gasteiger charge is -2.13. The molecule has 0 aromatic carbocycles. The van der Waals surface area contributed by atoms with E-state index in [9.17, 15) is 9.59 Å². The summed E-state index contributed by atoms with van der Waals surface area (Å²) in [6.07, 6.45) is 3.40. The Morgan fingerprint density at radius 2 is 2.18 bits per heavy atom. The van der Waals surface area contributed by atoms with Crippen molar-refractivity contribution in [2.75, 3.05) is 5.32 Å². The fraction of sp³-hybridized carbons (Fsp3) is 0.143. The molecule has 0 aliphatic carbocycles. The minimum Gasteiger partial charge on any atom is -0.449 e. The summed E-state index contributed by atoms with van der Waals surface area (Å²) >= 11 is 9.05. The van der Waals surface area contributed by atoms with Crippen LogP contribution in [0.5, 0.6) is 0 Å². The molecule has 1 amide bonds. The SMILES string of the molecule is CC(OC(=O)c1cncc(Br)c1)C(=O)Nc1cccnc1Cl. The fourth-order valence-electron chi connectivity index (χ4n) is 1.52. The van der Waals surface area contributed by atoms with E-state index in [-0.39, 0.29) is 10.7 Å². The first kappa shape index (κ1) is 16.4. The Hall–Kier alpha value is -1.99. The summed E-state index contributed by atoms with van der Waals surface area (Å²) in [6.45, 7) is 1.46. The Labute approximate surface area is 140 Å². The quantitative estimate of drug-likeness (QED) is 0.647. The maximum Gasteiger partial charge on any atom is 0.340 e. The van der Waals surface area contributed by atoms with Crippen molar-refractivity contribution in [3.05, 3.63) is 52.0 Å². The van der Waals surface area contributed by atoms with Gasteiger partial charge in [-0.15, -0.1) is 0 Å². The van der Waals surface area contributed by atoms with Gasteiger partial charge in [0.25, 0.3) is 5.91 Å². The zero-order chi connectivity index (χ0) is 16.1. The molecule has 2 aromatic heterocycles. The number of pyridine rings is 2. The van der Waals surface area contributed by atoms with Gasteiger partial charge in [-0.3, -0.25) is 9.78 Å². The predicted octanol–water partition coefficient (Wildman–Crippen LogP) is 3.08. The van der Waals surface area contributed by atoms with E-state index >= 15 is 0 Å². The van der Waals surface area contributed by atoms with E-state index in [0.29, 0.717) is 10.2 Å². The molecule has 0 radical (unpaired) electrons. The van der Waals surface area contributed by atoms with Gasteiger partial charge in [-0.2, -0.15) is 0 Å². The number of anilines is 1. The third-order valence-electron chi connectivity index (χ3n) is 2.61. The van der Waals surface area contributed by atoms with Crippen molar-refractivity contribution in [3.8, 4) is 0 Å². The van der Waals surface area contributed by atoms with Crippen LogP contribution >= 0.6 is 27.5 Å². The lowest BCUT2D eigenvalue weighted by molar-refractivity contribution is -0.123. The van der Waals surface area contributed by atoms with E-state index in [1.165, 1.54) is 25.5 Å². The standard InChI is InChI=1S/C14H11BrClN3O3/c1-8(13(20)19-11-3-2-4-18-12(11)16)22-14(21)9-5-10(15)7-17-6-9/h2-8H,1H3,(H,19,20). The highest BCUT2D eigenvalue weighted by Gasteiger charge is 2.20. The third-order valence-corrected chi connectivity index (χ3v) is 3.35. The van der Waals surface area contributed by atoms with Gasteiger partial charge in [-0.1, -0.05) is 11.6 Å². The van der Waals surface area contributed by atoms with E-state index < -0.39 is 18.0 Å². The second kappa shape index (κ2) is 7.33. The Bertz CT molecular complexity index is 711. The van der Waals surface area contributed by atoms with Crippen LogP contribution in [0, 0.1) is 0 Å². The average molecular weight is 385 g/mol. The second-order valence-corrected chi connectivity index (χ2v) is 5.54. The Balaban J connectivity index is 1.99. The molecule has 1 N–H and O–H groups in total. The van der Waals surface area contributed by atoms with Gasteiger partial charge < -0.3 is 10.1 Å². The molecule has 0 aliphatic heterocycles. The molecule has 1 atom stereocenters. The van der Waals surface area contributed by atoms with Gasteiger partial charge in [0.15, 0.2) is 11.3 Å². The monoisotopic (exact) mass is 383 g/mol. The predicted molar refractivity (Wildman–Crippen MR) is 84.7 cm³/mol. The summed E-state index contributed by atoms with van der Waals surface area (Å²) in [6, 6.07) is 4.78. The number of carbonyl (C=O) groups is 2. The molecule has 22 heavy (non-hydrogen) atoms. The lowest BCUT2D eigenvalue weighted by atomic mass is 10.3. The van der Waals surface area contributed by atoms with Gasteiger partial charge in [0.1, 0.15) is 0 Å². The number of rotatable bonds is 4. The summed E-state index contributed by atoms with van der Waals surface area (Å²) in [7, 11) is 0. The summed E-state index contributed by atoms with van der Waals surface area (Å²) < 4.78 is 5.73. The molecule has 6 nitrogen and oxygen atoms in total. The highest BCUT2D eigenvalue weighted by molar-refractivity contribution is 9.10. The number of amides is 1. The van der Waals surface area contributed by atoms with Crippen molar-refractivity contribution in [2.24, 2.45) is 0 Å². The summed E-state index contributed by atoms with van der Waals surface area (Å²) in [4.78, 5) is 31.6. The van der Waals surface area contributed by atoms with Crippen molar-refractivity contribution in [3.63, 3.8) is 0 Å². The van der Waals surface area contributed by atoms with Crippen LogP contribution in [0.3, 0.4) is 0 Å². The first-order valence-corrected chi connectivity index (χ1v) is 7.37. The molecule has 2 heterocycles. The maximum atomic E-state index is 12.0. The van der Waals surface area contributed by atoms with Crippen LogP contribution in [0.15, 0.2) is 41.3 Å². The van der Waals surface area contributed by atoms with Crippen LogP contribution in [0.2, 0.25) is 5.15 Å². The number of nitrogens with one attached hydrogen (secondary N) is 1. The van der Waals surface area contributed by atoms with Gasteiger partial charge in [0.2, 0.25) is 0 Å². The number of halogens is 2. The Morgan fingerprint density at radius 1 is 1.41 bits per heavy atom. The first-order valence-electron chi connectivity index (χ1n) is 6.20. The molecule has 114 valence electrons. The van der Waals surface area contributed by atoms with Gasteiger partial charge >= 0.3 is 5.97 Å². The largest absolute Gasteiger partial charge is 0.449 e. The Kier molecular flexibility index (Phi) is 5.46. The van der Waals surface area contributed by atoms with Crippen molar-refractivity contribution in [1.82, 2.24) is 9.97 Å². The fourth-order valence-corrected chi connectivity index (χ4v) is 2.05. The van der Waals surface area contributed by atoms with E-state index in [4.69, 9.17) is 16.3 Å². The van der Waals surface area contributed by atoms with E-state index in [1.807, 2.05) is 0 Å². The van der Waals surface area contributed by atoms with Crippen LogP contribution in [0.4, 0.5) is 5.69 Å². The lowest BCUT2D eigenvalue weighted by Crippen LogP contribution is -2.30. The van der Waals surface area contributed by atoms with Crippen molar-refractivity contribution >= 4 is 45.1 Å². The molecule has 0 saturated carbocycles. The van der Waals surface area contributed by atoms with E-state index in [2.05, 4.69) is 31.2 Å². The third kappa shape index (κ3) is 4.25. The van der Waals surface area contributed by atoms with Gasteiger partial charge in [-0.05, 0) is 41.1 Å². The van der Waals surface area contributed by atoms with Gasteiger partial charge in [-0.25, -0.2) is 9.78 Å². The normalized spacial score (nSPS) is 11.6. The number of aromatic nitrogens is 2. The molecule has 2 rings (SSSR count). The molecule has 1 unspecified atom stereocenters. The van der Waals surface area contributed by atoms with Crippen molar-refractivity contribution in [1.29, 1.82) is 0 Å². The van der Waals surface area contributed by atoms with Gasteiger partial charge in [0, 0.05) is 23.1 Å². The molecule has 2 aromatic rings. The smallest absolute Gasteiger partial charge is 0.340 e. The van der Waals surface area contributed by atoms with Crippen molar-refractivity contribution in [2.45, 2.75) is 13.0 Å². The minimum absolute atomic E-state index is 0.158. The topological polar surface area (TPSA) is 81.2 Å². The van der Waals surface area contributed by atoms with Crippen LogP contribution in [-0.2, 0) is 9.53 Å². The molecule has 8 heteroatoms. The molecule has 0 aliphatic rings. The average Bonchev–Trinajstić information content (AvgIpc) is 2.49. The molecule has 0 spiro atoms. The molecule has 0 saturated heterocycles. The highest BCUT2D eigenvalue weighted by Crippen LogP contribution is 2.18. The second-order valence-electron chi connectivity index (χ2n) is 4.27. The molecular weight excluding hydrogens is 374 g/mol. The van der Waals surface area contributed by atoms with Crippen molar-refractivity contribution < 1.29 is 14.3 Å².